The molecule has 0 bridgehead atoms. The highest BCUT2D eigenvalue weighted by Crippen LogP contribution is 2.34. The van der Waals surface area contributed by atoms with E-state index in [9.17, 15) is 9.59 Å². The number of Topliss-reactive ketones (excluding diaryl/α,β-unsaturated/α-hetero) is 1. The van der Waals surface area contributed by atoms with Gasteiger partial charge in [0.2, 0.25) is 0 Å². The number of hydrogen-bond donors (Lipinski definition) is 4. The van der Waals surface area contributed by atoms with Crippen molar-refractivity contribution in [3.05, 3.63) is 83.6 Å². The minimum Gasteiger partial charge on any atom is -0.453 e. The van der Waals surface area contributed by atoms with E-state index in [1.54, 1.807) is 12.4 Å². The maximum absolute atomic E-state index is 15.9. The lowest BCUT2D eigenvalue weighted by molar-refractivity contribution is -0.123. The Kier molecular flexibility index (Phi) is 10.5. The average molecular weight is 662 g/mol. The first kappa shape index (κ1) is 33.7. The number of amides is 1. The number of nitrogens with zero attached hydrogens (tertiary/aromatic N) is 3. The van der Waals surface area contributed by atoms with Crippen LogP contribution < -0.4 is 10.6 Å². The molecule has 2 aromatic heterocycles. The van der Waals surface area contributed by atoms with E-state index in [0.29, 0.717) is 28.3 Å². The zero-order valence-corrected chi connectivity index (χ0v) is 27.9. The Labute approximate surface area is 285 Å². The first-order valence-electron chi connectivity index (χ1n) is 16.7. The van der Waals surface area contributed by atoms with Crippen molar-refractivity contribution in [3.63, 3.8) is 0 Å². The van der Waals surface area contributed by atoms with Gasteiger partial charge in [0, 0.05) is 11.1 Å². The summed E-state index contributed by atoms with van der Waals surface area (Å²) in [6.45, 7) is 5.63. The Hall–Kier alpha value is -5.23. The summed E-state index contributed by atoms with van der Waals surface area (Å²) in [6.07, 6.45) is 6.62. The maximum atomic E-state index is 15.9. The molecule has 1 amide bonds. The predicted molar refractivity (Wildman–Crippen MR) is 184 cm³/mol. The number of carbonyl (C=O) groups is 2. The van der Waals surface area contributed by atoms with E-state index in [1.165, 1.54) is 13.2 Å². The molecule has 2 aliphatic rings. The van der Waals surface area contributed by atoms with Crippen LogP contribution >= 0.6 is 0 Å². The number of methoxy groups -OCH3 is 1. The quantitative estimate of drug-likeness (QED) is 0.174. The first-order chi connectivity index (χ1) is 23.8. The number of ether oxygens (including phenoxy) is 1. The minimum absolute atomic E-state index is 0.0919. The highest BCUT2D eigenvalue weighted by atomic mass is 19.1. The van der Waals surface area contributed by atoms with Gasteiger partial charge in [0.15, 0.2) is 5.78 Å². The van der Waals surface area contributed by atoms with Crippen LogP contribution in [0.4, 0.5) is 9.18 Å². The van der Waals surface area contributed by atoms with E-state index >= 15 is 4.39 Å². The fourth-order valence-corrected chi connectivity index (χ4v) is 6.50. The monoisotopic (exact) mass is 661 g/mol. The fourth-order valence-electron chi connectivity index (χ4n) is 6.50. The molecule has 0 unspecified atom stereocenters. The maximum Gasteiger partial charge on any atom is 0.407 e. The number of H-pyrrole nitrogens is 2. The van der Waals surface area contributed by atoms with Crippen molar-refractivity contribution in [1.82, 2.24) is 35.5 Å². The van der Waals surface area contributed by atoms with E-state index in [2.05, 4.69) is 59.2 Å². The van der Waals surface area contributed by atoms with E-state index in [0.717, 1.165) is 50.2 Å². The van der Waals surface area contributed by atoms with Crippen molar-refractivity contribution in [2.24, 2.45) is 5.92 Å². The molecule has 2 saturated heterocycles. The molecule has 11 heteroatoms. The third-order valence-electron chi connectivity index (χ3n) is 9.03. The summed E-state index contributed by atoms with van der Waals surface area (Å²) in [5, 5.41) is 6.07. The summed E-state index contributed by atoms with van der Waals surface area (Å²) in [6, 6.07) is 12.4. The second-order valence-corrected chi connectivity index (χ2v) is 12.7. The number of imidazole rings is 2. The van der Waals surface area contributed by atoms with Gasteiger partial charge in [0.1, 0.15) is 23.2 Å². The molecule has 4 heterocycles. The standard InChI is InChI=1S/C38H40FN7O3/c1-24(2)35(45-38(48)49-3)34(47)23-46-18-10-16-33(46)37-42-22-32(44-37)26-19-29(25-11-5-4-6-12-25)28(30(39)20-26)14-8-7-13-27-21-41-36(43-27)31-15-9-17-40-31/h4-6,11-12,19-22,24,31,33,35,40H,9-10,15-18,23H2,1-3H3,(H,41,43)(H,42,44)(H,45,48)/t31-,33-,35-/m0/s1. The molecule has 0 spiro atoms. The minimum atomic E-state index is -0.662. The van der Waals surface area contributed by atoms with E-state index in [-0.39, 0.29) is 35.9 Å². The number of benzene rings is 2. The number of carbonyl (C=O) groups excluding carboxylic acids is 2. The molecule has 0 radical (unpaired) electrons. The van der Waals surface area contributed by atoms with Crippen molar-refractivity contribution in [1.29, 1.82) is 0 Å². The largest absolute Gasteiger partial charge is 0.453 e. The van der Waals surface area contributed by atoms with Crippen LogP contribution in [0.1, 0.15) is 74.5 Å². The van der Waals surface area contributed by atoms with Gasteiger partial charge in [-0.15, -0.1) is 0 Å². The molecular weight excluding hydrogens is 621 g/mol. The van der Waals surface area contributed by atoms with Gasteiger partial charge < -0.3 is 25.3 Å². The molecule has 49 heavy (non-hydrogen) atoms. The SMILES string of the molecule is COC(=O)N[C@H](C(=O)CN1CCC[C@H]1c1ncc(-c2cc(F)c(C#CC#Cc3cnc([C@@H]4CCCN4)[nH]3)c(-c3ccccc3)c2)[nH]1)C(C)C. The highest BCUT2D eigenvalue weighted by Gasteiger charge is 2.33. The third-order valence-corrected chi connectivity index (χ3v) is 9.03. The van der Waals surface area contributed by atoms with Crippen LogP contribution in [0, 0.1) is 35.4 Å². The van der Waals surface area contributed by atoms with Crippen molar-refractivity contribution in [2.45, 2.75) is 57.7 Å². The zero-order valence-electron chi connectivity index (χ0n) is 27.9. The number of nitrogens with one attached hydrogen (secondary N) is 4. The summed E-state index contributed by atoms with van der Waals surface area (Å²) in [5.74, 6) is 12.5. The third kappa shape index (κ3) is 7.92. The Bertz CT molecular complexity index is 1920. The molecule has 3 atom stereocenters. The van der Waals surface area contributed by atoms with Gasteiger partial charge in [-0.2, -0.15) is 0 Å². The Morgan fingerprint density at radius 1 is 1.02 bits per heavy atom. The van der Waals surface area contributed by atoms with Crippen LogP contribution in [-0.4, -0.2) is 69.5 Å². The van der Waals surface area contributed by atoms with Crippen LogP contribution in [0.3, 0.4) is 0 Å². The number of hydrogen-bond acceptors (Lipinski definition) is 7. The Balaban J connectivity index is 1.23. The van der Waals surface area contributed by atoms with Crippen LogP contribution in [0.5, 0.6) is 0 Å². The van der Waals surface area contributed by atoms with Gasteiger partial charge in [-0.05, 0) is 86.1 Å². The second-order valence-electron chi connectivity index (χ2n) is 12.7. The summed E-state index contributed by atoms with van der Waals surface area (Å²) >= 11 is 0. The fraction of sp³-hybridized carbons (Fsp3) is 0.368. The molecular formula is C38H40FN7O3. The second kappa shape index (κ2) is 15.3. The Morgan fingerprint density at radius 2 is 1.82 bits per heavy atom. The van der Waals surface area contributed by atoms with Crippen molar-refractivity contribution in [2.75, 3.05) is 26.7 Å². The summed E-state index contributed by atoms with van der Waals surface area (Å²) < 4.78 is 20.6. The number of aromatic nitrogens is 4. The predicted octanol–water partition coefficient (Wildman–Crippen LogP) is 5.52. The average Bonchev–Trinajstić information content (AvgIpc) is 3.93. The van der Waals surface area contributed by atoms with E-state index in [4.69, 9.17) is 4.74 Å². The van der Waals surface area contributed by atoms with E-state index in [1.807, 2.05) is 50.2 Å². The molecule has 4 aromatic rings. The number of alkyl carbamates (subject to hydrolysis) is 1. The van der Waals surface area contributed by atoms with Gasteiger partial charge in [0.05, 0.1) is 55.4 Å². The van der Waals surface area contributed by atoms with Crippen LogP contribution in [0.25, 0.3) is 22.4 Å². The van der Waals surface area contributed by atoms with Crippen LogP contribution in [-0.2, 0) is 9.53 Å². The Morgan fingerprint density at radius 3 is 2.57 bits per heavy atom. The summed E-state index contributed by atoms with van der Waals surface area (Å²) in [7, 11) is 1.28. The summed E-state index contributed by atoms with van der Waals surface area (Å²) in [4.78, 5) is 42.9. The van der Waals surface area contributed by atoms with E-state index < -0.39 is 18.0 Å². The van der Waals surface area contributed by atoms with Gasteiger partial charge in [-0.1, -0.05) is 44.2 Å². The van der Waals surface area contributed by atoms with Gasteiger partial charge in [-0.3, -0.25) is 9.69 Å². The number of halogens is 1. The lowest BCUT2D eigenvalue weighted by atomic mass is 9.96. The number of aromatic amines is 2. The lowest BCUT2D eigenvalue weighted by Gasteiger charge is -2.26. The first-order valence-corrected chi connectivity index (χ1v) is 16.7. The van der Waals surface area contributed by atoms with Gasteiger partial charge in [0.25, 0.3) is 0 Å². The lowest BCUT2D eigenvalue weighted by Crippen LogP contribution is -2.48. The molecule has 6 rings (SSSR count). The molecule has 2 aliphatic heterocycles. The van der Waals surface area contributed by atoms with Crippen LogP contribution in [0.15, 0.2) is 54.9 Å². The number of rotatable bonds is 9. The smallest absolute Gasteiger partial charge is 0.407 e. The highest BCUT2D eigenvalue weighted by molar-refractivity contribution is 5.89. The van der Waals surface area contributed by atoms with Crippen molar-refractivity contribution in [3.8, 4) is 46.1 Å². The van der Waals surface area contributed by atoms with Crippen molar-refractivity contribution < 1.29 is 18.7 Å². The molecule has 0 aliphatic carbocycles. The summed E-state index contributed by atoms with van der Waals surface area (Å²) in [5.41, 5.74) is 3.66. The molecule has 4 N–H and O–H groups in total. The van der Waals surface area contributed by atoms with Gasteiger partial charge in [-0.25, -0.2) is 19.2 Å². The zero-order chi connectivity index (χ0) is 34.3. The molecule has 10 nitrogen and oxygen atoms in total. The van der Waals surface area contributed by atoms with Crippen LogP contribution in [0.2, 0.25) is 0 Å². The number of likely N-dealkylation sites (tertiary alicyclic amines) is 1. The normalized spacial score (nSPS) is 18.0. The number of ketones is 1. The molecule has 0 saturated carbocycles. The topological polar surface area (TPSA) is 128 Å². The molecule has 252 valence electrons. The van der Waals surface area contributed by atoms with Crippen molar-refractivity contribution >= 4 is 11.9 Å². The van der Waals surface area contributed by atoms with Gasteiger partial charge >= 0.3 is 6.09 Å². The molecule has 2 aromatic carbocycles. The molecule has 2 fully saturated rings.